The lowest BCUT2D eigenvalue weighted by molar-refractivity contribution is 0.559. The molecule has 0 spiro atoms. The number of hydrogen-bond donors (Lipinski definition) is 2. The van der Waals surface area contributed by atoms with E-state index in [2.05, 4.69) is 28.1 Å². The van der Waals surface area contributed by atoms with Crippen molar-refractivity contribution in [3.8, 4) is 0 Å². The van der Waals surface area contributed by atoms with Crippen molar-refractivity contribution in [3.63, 3.8) is 0 Å². The van der Waals surface area contributed by atoms with Gasteiger partial charge in [0.25, 0.3) is 0 Å². The van der Waals surface area contributed by atoms with Gasteiger partial charge in [-0.1, -0.05) is 0 Å². The summed E-state index contributed by atoms with van der Waals surface area (Å²) in [5, 5.41) is 1.21. The van der Waals surface area contributed by atoms with E-state index in [9.17, 15) is 0 Å². The van der Waals surface area contributed by atoms with Gasteiger partial charge in [-0.2, -0.15) is 0 Å². The van der Waals surface area contributed by atoms with Crippen molar-refractivity contribution in [1.29, 1.82) is 0 Å². The number of rotatable bonds is 2. The van der Waals surface area contributed by atoms with Gasteiger partial charge in [0.15, 0.2) is 0 Å². The number of aromatic nitrogens is 1. The molecular formula is C13H19N3. The summed E-state index contributed by atoms with van der Waals surface area (Å²) in [6.07, 6.45) is 2.00. The number of nitrogens with two attached hydrogens (primary N) is 1. The fourth-order valence-electron chi connectivity index (χ4n) is 1.92. The predicted molar refractivity (Wildman–Crippen MR) is 69.8 cm³/mol. The molecule has 2 aromatic rings. The van der Waals surface area contributed by atoms with Crippen molar-refractivity contribution in [2.24, 2.45) is 5.73 Å². The molecule has 0 amide bonds. The van der Waals surface area contributed by atoms with Gasteiger partial charge >= 0.3 is 0 Å². The highest BCUT2D eigenvalue weighted by Crippen LogP contribution is 2.29. The Morgan fingerprint density at radius 3 is 2.50 bits per heavy atom. The maximum atomic E-state index is 6.16. The standard InChI is InChI=1S/C13H19N3/c1-13(2,14)11-8-15-12-6-5-9(16(3)4)7-10(11)12/h5-8,15H,14H2,1-4H3. The number of anilines is 1. The molecule has 0 bridgehead atoms. The third kappa shape index (κ3) is 1.78. The third-order valence-electron chi connectivity index (χ3n) is 2.88. The maximum Gasteiger partial charge on any atom is 0.0459 e. The first-order valence-corrected chi connectivity index (χ1v) is 5.47. The molecule has 0 saturated carbocycles. The summed E-state index contributed by atoms with van der Waals surface area (Å²) in [6.45, 7) is 4.05. The molecule has 16 heavy (non-hydrogen) atoms. The second-order valence-electron chi connectivity index (χ2n) is 5.05. The van der Waals surface area contributed by atoms with E-state index in [0.717, 1.165) is 11.1 Å². The smallest absolute Gasteiger partial charge is 0.0459 e. The van der Waals surface area contributed by atoms with Gasteiger partial charge in [-0.25, -0.2) is 0 Å². The molecule has 0 atom stereocenters. The fraction of sp³-hybridized carbons (Fsp3) is 0.385. The molecule has 1 aromatic carbocycles. The molecule has 1 aromatic heterocycles. The van der Waals surface area contributed by atoms with Crippen LogP contribution in [0.15, 0.2) is 24.4 Å². The number of fused-ring (bicyclic) bond motifs is 1. The predicted octanol–water partition coefficient (Wildman–Crippen LogP) is 2.43. The first kappa shape index (κ1) is 11.0. The van der Waals surface area contributed by atoms with Crippen LogP contribution in [0.1, 0.15) is 19.4 Å². The van der Waals surface area contributed by atoms with Crippen molar-refractivity contribution in [1.82, 2.24) is 4.98 Å². The molecule has 86 valence electrons. The van der Waals surface area contributed by atoms with Crippen LogP contribution < -0.4 is 10.6 Å². The Bertz CT molecular complexity index is 503. The molecule has 2 rings (SSSR count). The van der Waals surface area contributed by atoms with Crippen molar-refractivity contribution >= 4 is 16.6 Å². The summed E-state index contributed by atoms with van der Waals surface area (Å²) < 4.78 is 0. The number of H-pyrrole nitrogens is 1. The molecule has 3 N–H and O–H groups in total. The second-order valence-corrected chi connectivity index (χ2v) is 5.05. The lowest BCUT2D eigenvalue weighted by Gasteiger charge is -2.18. The lowest BCUT2D eigenvalue weighted by atomic mass is 9.95. The molecule has 0 radical (unpaired) electrons. The molecular weight excluding hydrogens is 198 g/mol. The fourth-order valence-corrected chi connectivity index (χ4v) is 1.92. The van der Waals surface area contributed by atoms with Crippen LogP contribution in [0.2, 0.25) is 0 Å². The van der Waals surface area contributed by atoms with Crippen LogP contribution in [0.4, 0.5) is 5.69 Å². The molecule has 0 aliphatic rings. The van der Waals surface area contributed by atoms with Crippen LogP contribution in [-0.4, -0.2) is 19.1 Å². The van der Waals surface area contributed by atoms with Crippen molar-refractivity contribution < 1.29 is 0 Å². The van der Waals surface area contributed by atoms with E-state index in [-0.39, 0.29) is 5.54 Å². The Labute approximate surface area is 96.2 Å². The van der Waals surface area contributed by atoms with Crippen LogP contribution in [0.5, 0.6) is 0 Å². The minimum Gasteiger partial charge on any atom is -0.378 e. The molecule has 1 heterocycles. The van der Waals surface area contributed by atoms with Crippen molar-refractivity contribution in [2.75, 3.05) is 19.0 Å². The Morgan fingerprint density at radius 2 is 1.94 bits per heavy atom. The molecule has 0 unspecified atom stereocenters. The summed E-state index contributed by atoms with van der Waals surface area (Å²) in [6, 6.07) is 6.38. The van der Waals surface area contributed by atoms with Gasteiger partial charge in [0.1, 0.15) is 0 Å². The maximum absolute atomic E-state index is 6.16. The van der Waals surface area contributed by atoms with Crippen LogP contribution in [-0.2, 0) is 5.54 Å². The van der Waals surface area contributed by atoms with Crippen LogP contribution in [0.25, 0.3) is 10.9 Å². The SMILES string of the molecule is CN(C)c1ccc2[nH]cc(C(C)(C)N)c2c1. The molecule has 0 fully saturated rings. The summed E-state index contributed by atoms with van der Waals surface area (Å²) in [5.41, 5.74) is 9.33. The summed E-state index contributed by atoms with van der Waals surface area (Å²) >= 11 is 0. The Balaban J connectivity index is 2.65. The number of aromatic amines is 1. The Kier molecular flexibility index (Phi) is 2.43. The zero-order chi connectivity index (χ0) is 11.9. The first-order chi connectivity index (χ1) is 7.39. The Hall–Kier alpha value is -1.48. The van der Waals surface area contributed by atoms with E-state index >= 15 is 0 Å². The number of hydrogen-bond acceptors (Lipinski definition) is 2. The van der Waals surface area contributed by atoms with Crippen LogP contribution >= 0.6 is 0 Å². The van der Waals surface area contributed by atoms with Crippen LogP contribution in [0.3, 0.4) is 0 Å². The highest BCUT2D eigenvalue weighted by Gasteiger charge is 2.18. The van der Waals surface area contributed by atoms with E-state index < -0.39 is 0 Å². The average Bonchev–Trinajstić information content (AvgIpc) is 2.58. The van der Waals surface area contributed by atoms with Gasteiger partial charge in [0.05, 0.1) is 0 Å². The lowest BCUT2D eigenvalue weighted by Crippen LogP contribution is -2.28. The van der Waals surface area contributed by atoms with Gasteiger partial charge in [-0.15, -0.1) is 0 Å². The number of nitrogens with one attached hydrogen (secondary N) is 1. The van der Waals surface area contributed by atoms with Gasteiger partial charge in [-0.3, -0.25) is 0 Å². The topological polar surface area (TPSA) is 45.0 Å². The zero-order valence-corrected chi connectivity index (χ0v) is 10.3. The highest BCUT2D eigenvalue weighted by atomic mass is 15.1. The summed E-state index contributed by atoms with van der Waals surface area (Å²) in [4.78, 5) is 5.36. The van der Waals surface area contributed by atoms with Crippen molar-refractivity contribution in [2.45, 2.75) is 19.4 Å². The van der Waals surface area contributed by atoms with Gasteiger partial charge in [0, 0.05) is 42.4 Å². The summed E-state index contributed by atoms with van der Waals surface area (Å²) in [7, 11) is 4.09. The quantitative estimate of drug-likeness (QED) is 0.811. The monoisotopic (exact) mass is 217 g/mol. The highest BCUT2D eigenvalue weighted by molar-refractivity contribution is 5.87. The van der Waals surface area contributed by atoms with E-state index in [4.69, 9.17) is 5.73 Å². The van der Waals surface area contributed by atoms with Gasteiger partial charge < -0.3 is 15.6 Å². The van der Waals surface area contributed by atoms with E-state index in [1.54, 1.807) is 0 Å². The minimum absolute atomic E-state index is 0.316. The molecule has 3 nitrogen and oxygen atoms in total. The molecule has 0 aliphatic heterocycles. The minimum atomic E-state index is -0.316. The molecule has 0 saturated heterocycles. The van der Waals surface area contributed by atoms with Gasteiger partial charge in [-0.05, 0) is 37.6 Å². The van der Waals surface area contributed by atoms with Crippen LogP contribution in [0, 0.1) is 0 Å². The first-order valence-electron chi connectivity index (χ1n) is 5.47. The van der Waals surface area contributed by atoms with E-state index in [1.807, 2.05) is 34.1 Å². The van der Waals surface area contributed by atoms with Gasteiger partial charge in [0.2, 0.25) is 0 Å². The molecule has 0 aliphatic carbocycles. The van der Waals surface area contributed by atoms with E-state index in [1.165, 1.54) is 11.1 Å². The second kappa shape index (κ2) is 3.52. The average molecular weight is 217 g/mol. The third-order valence-corrected chi connectivity index (χ3v) is 2.88. The summed E-state index contributed by atoms with van der Waals surface area (Å²) in [5.74, 6) is 0. The largest absolute Gasteiger partial charge is 0.378 e. The normalized spacial score (nSPS) is 12.1. The number of benzene rings is 1. The van der Waals surface area contributed by atoms with E-state index in [0.29, 0.717) is 0 Å². The zero-order valence-electron chi connectivity index (χ0n) is 10.3. The van der Waals surface area contributed by atoms with Crippen molar-refractivity contribution in [3.05, 3.63) is 30.0 Å². The number of nitrogens with zero attached hydrogens (tertiary/aromatic N) is 1. The Morgan fingerprint density at radius 1 is 1.25 bits per heavy atom. The molecule has 3 heteroatoms.